The summed E-state index contributed by atoms with van der Waals surface area (Å²) in [4.78, 5) is 4.37. The van der Waals surface area contributed by atoms with Gasteiger partial charge in [0.05, 0.1) is 18.6 Å². The predicted octanol–water partition coefficient (Wildman–Crippen LogP) is 0.614. The maximum absolute atomic E-state index is 9.75. The lowest BCUT2D eigenvalue weighted by atomic mass is 10.0. The molecule has 16 heavy (non-hydrogen) atoms. The van der Waals surface area contributed by atoms with Gasteiger partial charge in [-0.05, 0) is 12.8 Å². The Bertz CT molecular complexity index is 325. The van der Waals surface area contributed by atoms with Crippen LogP contribution in [0.2, 0.25) is 0 Å². The zero-order chi connectivity index (χ0) is 12.1. The zero-order valence-electron chi connectivity index (χ0n) is 10.2. The third kappa shape index (κ3) is 2.80. The predicted molar refractivity (Wildman–Crippen MR) is 61.1 cm³/mol. The quantitative estimate of drug-likeness (QED) is 0.747. The fraction of sp³-hybridized carbons (Fsp3) is 0.818. The molecule has 1 aromatic heterocycles. The number of aryl methyl sites for hydroxylation is 2. The summed E-state index contributed by atoms with van der Waals surface area (Å²) in [6, 6.07) is 0. The average molecular weight is 227 g/mol. The zero-order valence-corrected chi connectivity index (χ0v) is 10.2. The Morgan fingerprint density at radius 2 is 2.06 bits per heavy atom. The molecule has 1 rings (SSSR count). The maximum Gasteiger partial charge on any atom is 0.158 e. The van der Waals surface area contributed by atoms with Gasteiger partial charge in [-0.3, -0.25) is 4.68 Å². The lowest BCUT2D eigenvalue weighted by molar-refractivity contribution is 0.0993. The lowest BCUT2D eigenvalue weighted by Crippen LogP contribution is -2.22. The van der Waals surface area contributed by atoms with Gasteiger partial charge in [0.25, 0.3) is 0 Å². The second kappa shape index (κ2) is 5.96. The van der Waals surface area contributed by atoms with Crippen molar-refractivity contribution >= 4 is 0 Å². The van der Waals surface area contributed by atoms with Crippen LogP contribution >= 0.6 is 0 Å². The number of aromatic nitrogens is 3. The van der Waals surface area contributed by atoms with Gasteiger partial charge in [-0.2, -0.15) is 5.10 Å². The van der Waals surface area contributed by atoms with E-state index < -0.39 is 6.10 Å². The van der Waals surface area contributed by atoms with Crippen LogP contribution in [-0.4, -0.2) is 37.7 Å². The van der Waals surface area contributed by atoms with Crippen molar-refractivity contribution in [1.82, 2.24) is 14.8 Å². The first kappa shape index (κ1) is 13.1. The van der Waals surface area contributed by atoms with Gasteiger partial charge in [0.15, 0.2) is 5.82 Å². The van der Waals surface area contributed by atoms with Gasteiger partial charge in [-0.25, -0.2) is 4.98 Å². The summed E-state index contributed by atoms with van der Waals surface area (Å²) < 4.78 is 1.73. The molecule has 0 fully saturated rings. The van der Waals surface area contributed by atoms with Crippen molar-refractivity contribution in [3.63, 3.8) is 0 Å². The minimum absolute atomic E-state index is 0.120. The van der Waals surface area contributed by atoms with Gasteiger partial charge < -0.3 is 10.2 Å². The highest BCUT2D eigenvalue weighted by molar-refractivity contribution is 5.02. The van der Waals surface area contributed by atoms with Crippen LogP contribution in [0.4, 0.5) is 0 Å². The highest BCUT2D eigenvalue weighted by Crippen LogP contribution is 2.18. The van der Waals surface area contributed by atoms with E-state index >= 15 is 0 Å². The van der Waals surface area contributed by atoms with Crippen LogP contribution in [0.15, 0.2) is 0 Å². The van der Waals surface area contributed by atoms with Crippen molar-refractivity contribution in [3.8, 4) is 0 Å². The van der Waals surface area contributed by atoms with Crippen molar-refractivity contribution < 1.29 is 10.2 Å². The standard InChI is InChI=1S/C11H21N3O2/c1-4-6-10-12-11(13-14(10)3)8(7-15)9(16)5-2/h8-9,15-16H,4-7H2,1-3H3. The Hall–Kier alpha value is -0.940. The molecule has 0 saturated carbocycles. The molecular weight excluding hydrogens is 206 g/mol. The molecule has 0 aliphatic carbocycles. The van der Waals surface area contributed by atoms with Crippen molar-refractivity contribution in [2.75, 3.05) is 6.61 Å². The largest absolute Gasteiger partial charge is 0.396 e. The number of nitrogens with zero attached hydrogens (tertiary/aromatic N) is 3. The van der Waals surface area contributed by atoms with Crippen LogP contribution in [0.5, 0.6) is 0 Å². The molecular formula is C11H21N3O2. The fourth-order valence-electron chi connectivity index (χ4n) is 1.70. The van der Waals surface area contributed by atoms with E-state index in [4.69, 9.17) is 0 Å². The van der Waals surface area contributed by atoms with E-state index in [-0.39, 0.29) is 12.5 Å². The Labute approximate surface area is 96.1 Å². The Morgan fingerprint density at radius 1 is 1.38 bits per heavy atom. The van der Waals surface area contributed by atoms with Gasteiger partial charge in [-0.15, -0.1) is 0 Å². The van der Waals surface area contributed by atoms with Crippen molar-refractivity contribution in [2.24, 2.45) is 7.05 Å². The molecule has 0 aliphatic heterocycles. The highest BCUT2D eigenvalue weighted by Gasteiger charge is 2.23. The van der Waals surface area contributed by atoms with Crippen LogP contribution in [-0.2, 0) is 13.5 Å². The molecule has 2 unspecified atom stereocenters. The second-order valence-electron chi connectivity index (χ2n) is 4.02. The van der Waals surface area contributed by atoms with Crippen LogP contribution in [0.1, 0.15) is 44.3 Å². The Kier molecular flexibility index (Phi) is 4.89. The van der Waals surface area contributed by atoms with Crippen LogP contribution in [0.25, 0.3) is 0 Å². The summed E-state index contributed by atoms with van der Waals surface area (Å²) in [5.41, 5.74) is 0. The number of aliphatic hydroxyl groups excluding tert-OH is 2. The SMILES string of the molecule is CCCc1nc(C(CO)C(O)CC)nn1C. The minimum atomic E-state index is -0.582. The van der Waals surface area contributed by atoms with E-state index in [1.54, 1.807) is 4.68 Å². The van der Waals surface area contributed by atoms with Gasteiger partial charge in [0.1, 0.15) is 5.82 Å². The molecule has 92 valence electrons. The average Bonchev–Trinajstić information content (AvgIpc) is 2.61. The summed E-state index contributed by atoms with van der Waals surface area (Å²) in [6.45, 7) is 3.84. The highest BCUT2D eigenvalue weighted by atomic mass is 16.3. The van der Waals surface area contributed by atoms with Crippen LogP contribution in [0.3, 0.4) is 0 Å². The molecule has 0 amide bonds. The summed E-state index contributed by atoms with van der Waals surface area (Å²) in [5, 5.41) is 23.3. The van der Waals surface area contributed by atoms with E-state index in [1.165, 1.54) is 0 Å². The lowest BCUT2D eigenvalue weighted by Gasteiger charge is -2.15. The van der Waals surface area contributed by atoms with Crippen LogP contribution < -0.4 is 0 Å². The van der Waals surface area contributed by atoms with E-state index in [9.17, 15) is 10.2 Å². The second-order valence-corrected chi connectivity index (χ2v) is 4.02. The van der Waals surface area contributed by atoms with Gasteiger partial charge in [-0.1, -0.05) is 13.8 Å². The molecule has 0 aromatic carbocycles. The van der Waals surface area contributed by atoms with Crippen molar-refractivity contribution in [2.45, 2.75) is 45.1 Å². The number of hydrogen-bond acceptors (Lipinski definition) is 4. The van der Waals surface area contributed by atoms with E-state index in [1.807, 2.05) is 14.0 Å². The monoisotopic (exact) mass is 227 g/mol. The maximum atomic E-state index is 9.75. The van der Waals surface area contributed by atoms with Gasteiger partial charge in [0.2, 0.25) is 0 Å². The molecule has 1 heterocycles. The number of hydrogen-bond donors (Lipinski definition) is 2. The van der Waals surface area contributed by atoms with E-state index in [2.05, 4.69) is 17.0 Å². The summed E-state index contributed by atoms with van der Waals surface area (Å²) in [6.07, 6.45) is 1.88. The molecule has 0 radical (unpaired) electrons. The molecule has 5 heteroatoms. The Balaban J connectivity index is 2.89. The molecule has 0 bridgehead atoms. The molecule has 0 spiro atoms. The van der Waals surface area contributed by atoms with E-state index in [0.29, 0.717) is 12.2 Å². The molecule has 0 aliphatic rings. The summed E-state index contributed by atoms with van der Waals surface area (Å²) in [5.74, 6) is 1.07. The van der Waals surface area contributed by atoms with E-state index in [0.717, 1.165) is 18.7 Å². The fourth-order valence-corrected chi connectivity index (χ4v) is 1.70. The third-order valence-corrected chi connectivity index (χ3v) is 2.75. The number of aliphatic hydroxyl groups is 2. The molecule has 2 atom stereocenters. The summed E-state index contributed by atoms with van der Waals surface area (Å²) >= 11 is 0. The first-order valence-electron chi connectivity index (χ1n) is 5.82. The van der Waals surface area contributed by atoms with Gasteiger partial charge in [0, 0.05) is 13.5 Å². The van der Waals surface area contributed by atoms with Crippen LogP contribution in [0, 0.1) is 0 Å². The topological polar surface area (TPSA) is 71.2 Å². The van der Waals surface area contributed by atoms with Gasteiger partial charge >= 0.3 is 0 Å². The molecule has 2 N–H and O–H groups in total. The number of rotatable bonds is 6. The normalized spacial score (nSPS) is 15.1. The minimum Gasteiger partial charge on any atom is -0.396 e. The third-order valence-electron chi connectivity index (χ3n) is 2.75. The molecule has 0 saturated heterocycles. The van der Waals surface area contributed by atoms with Crippen molar-refractivity contribution in [3.05, 3.63) is 11.6 Å². The van der Waals surface area contributed by atoms with Crippen molar-refractivity contribution in [1.29, 1.82) is 0 Å². The first-order valence-corrected chi connectivity index (χ1v) is 5.82. The first-order chi connectivity index (χ1) is 7.63. The Morgan fingerprint density at radius 3 is 2.56 bits per heavy atom. The summed E-state index contributed by atoms with van der Waals surface area (Å²) in [7, 11) is 1.84. The molecule has 1 aromatic rings. The smallest absolute Gasteiger partial charge is 0.158 e. The molecule has 5 nitrogen and oxygen atoms in total.